The maximum absolute atomic E-state index is 12.3. The quantitative estimate of drug-likeness (QED) is 0.848. The number of thiophene rings is 1. The Morgan fingerprint density at radius 1 is 1.56 bits per heavy atom. The minimum Gasteiger partial charge on any atom is -0.336 e. The highest BCUT2D eigenvalue weighted by Crippen LogP contribution is 2.17. The zero-order valence-electron chi connectivity index (χ0n) is 11.2. The molecular formula is C14H20N2OS. The maximum atomic E-state index is 12.3. The van der Waals surface area contributed by atoms with E-state index in [4.69, 9.17) is 5.73 Å². The monoisotopic (exact) mass is 264 g/mol. The van der Waals surface area contributed by atoms with Gasteiger partial charge in [-0.25, -0.2) is 0 Å². The Labute approximate surface area is 113 Å². The summed E-state index contributed by atoms with van der Waals surface area (Å²) in [6.45, 7) is 7.28. The summed E-state index contributed by atoms with van der Waals surface area (Å²) in [6, 6.07) is 2.07. The summed E-state index contributed by atoms with van der Waals surface area (Å²) in [7, 11) is 0. The molecule has 0 aromatic carbocycles. The average Bonchev–Trinajstić information content (AvgIpc) is 2.81. The van der Waals surface area contributed by atoms with E-state index in [2.05, 4.69) is 18.8 Å². The molecule has 0 aliphatic heterocycles. The molecule has 4 heteroatoms. The Kier molecular flexibility index (Phi) is 5.90. The number of nitrogens with two attached hydrogens (primary N) is 1. The van der Waals surface area contributed by atoms with Crippen LogP contribution in [-0.4, -0.2) is 29.9 Å². The highest BCUT2D eigenvalue weighted by atomic mass is 32.1. The first-order valence-corrected chi connectivity index (χ1v) is 7.06. The molecule has 0 aliphatic carbocycles. The molecule has 2 N–H and O–H groups in total. The smallest absolute Gasteiger partial charge is 0.254 e. The second kappa shape index (κ2) is 7.20. The lowest BCUT2D eigenvalue weighted by Gasteiger charge is -2.25. The fourth-order valence-electron chi connectivity index (χ4n) is 1.65. The Hall–Kier alpha value is -1.31. The average molecular weight is 264 g/mol. The van der Waals surface area contributed by atoms with Crippen molar-refractivity contribution in [1.82, 2.24) is 4.90 Å². The summed E-state index contributed by atoms with van der Waals surface area (Å²) < 4.78 is 0. The lowest BCUT2D eigenvalue weighted by Crippen LogP contribution is -2.37. The van der Waals surface area contributed by atoms with Crippen LogP contribution in [0, 0.1) is 11.8 Å². The first-order valence-electron chi connectivity index (χ1n) is 6.18. The molecule has 0 spiro atoms. The molecule has 1 heterocycles. The highest BCUT2D eigenvalue weighted by molar-refractivity contribution is 7.10. The van der Waals surface area contributed by atoms with E-state index in [1.807, 2.05) is 30.2 Å². The van der Waals surface area contributed by atoms with Gasteiger partial charge in [-0.3, -0.25) is 4.79 Å². The van der Waals surface area contributed by atoms with Crippen molar-refractivity contribution in [2.75, 3.05) is 13.1 Å². The molecule has 98 valence electrons. The van der Waals surface area contributed by atoms with Gasteiger partial charge in [-0.05, 0) is 26.3 Å². The van der Waals surface area contributed by atoms with E-state index in [-0.39, 0.29) is 11.9 Å². The topological polar surface area (TPSA) is 46.3 Å². The van der Waals surface area contributed by atoms with Crippen molar-refractivity contribution in [3.8, 4) is 11.8 Å². The van der Waals surface area contributed by atoms with Gasteiger partial charge < -0.3 is 10.6 Å². The van der Waals surface area contributed by atoms with Crippen molar-refractivity contribution in [2.24, 2.45) is 5.73 Å². The van der Waals surface area contributed by atoms with Crippen LogP contribution in [0.3, 0.4) is 0 Å². The third-order valence-corrected chi connectivity index (χ3v) is 3.35. The van der Waals surface area contributed by atoms with E-state index in [0.29, 0.717) is 6.54 Å². The van der Waals surface area contributed by atoms with E-state index in [0.717, 1.165) is 23.4 Å². The number of hydrogen-bond donors (Lipinski definition) is 1. The van der Waals surface area contributed by atoms with Crippen molar-refractivity contribution in [3.63, 3.8) is 0 Å². The van der Waals surface area contributed by atoms with Crippen LogP contribution in [0.25, 0.3) is 0 Å². The first-order chi connectivity index (χ1) is 8.60. The molecule has 0 saturated heterocycles. The standard InChI is InChI=1S/C14H20N2OS/c1-4-8-16(11(2)3)14(17)12-9-13(18-10-12)6-5-7-15/h9-11H,4,7-8,15H2,1-3H3. The Bertz CT molecular complexity index is 454. The van der Waals surface area contributed by atoms with Crippen LogP contribution in [0.1, 0.15) is 42.4 Å². The summed E-state index contributed by atoms with van der Waals surface area (Å²) in [5.41, 5.74) is 6.05. The minimum atomic E-state index is 0.0869. The normalized spacial score (nSPS) is 10.1. The molecule has 0 saturated carbocycles. The van der Waals surface area contributed by atoms with Crippen molar-refractivity contribution in [2.45, 2.75) is 33.2 Å². The molecule has 1 aromatic rings. The van der Waals surface area contributed by atoms with Crippen LogP contribution in [0.4, 0.5) is 0 Å². The van der Waals surface area contributed by atoms with Crippen LogP contribution in [-0.2, 0) is 0 Å². The summed E-state index contributed by atoms with van der Waals surface area (Å²) in [6.07, 6.45) is 0.966. The zero-order valence-corrected chi connectivity index (χ0v) is 12.0. The SMILES string of the molecule is CCCN(C(=O)c1csc(C#CCN)c1)C(C)C. The largest absolute Gasteiger partial charge is 0.336 e. The van der Waals surface area contributed by atoms with Crippen LogP contribution in [0.15, 0.2) is 11.4 Å². The van der Waals surface area contributed by atoms with Gasteiger partial charge in [0, 0.05) is 18.0 Å². The lowest BCUT2D eigenvalue weighted by atomic mass is 10.2. The third-order valence-electron chi connectivity index (χ3n) is 2.51. The van der Waals surface area contributed by atoms with E-state index < -0.39 is 0 Å². The Morgan fingerprint density at radius 2 is 2.28 bits per heavy atom. The number of carbonyl (C=O) groups excluding carboxylic acids is 1. The van der Waals surface area contributed by atoms with E-state index >= 15 is 0 Å². The van der Waals surface area contributed by atoms with Gasteiger partial charge in [-0.2, -0.15) is 0 Å². The number of amides is 1. The van der Waals surface area contributed by atoms with Crippen molar-refractivity contribution >= 4 is 17.2 Å². The van der Waals surface area contributed by atoms with Gasteiger partial charge in [0.1, 0.15) is 0 Å². The molecule has 1 rings (SSSR count). The van der Waals surface area contributed by atoms with Gasteiger partial charge in [0.2, 0.25) is 0 Å². The van der Waals surface area contributed by atoms with Crippen LogP contribution in [0.5, 0.6) is 0 Å². The number of rotatable bonds is 4. The molecule has 0 aliphatic rings. The second-order valence-electron chi connectivity index (χ2n) is 4.30. The number of hydrogen-bond acceptors (Lipinski definition) is 3. The Balaban J connectivity index is 2.85. The van der Waals surface area contributed by atoms with Crippen molar-refractivity contribution < 1.29 is 4.79 Å². The van der Waals surface area contributed by atoms with Gasteiger partial charge in [0.15, 0.2) is 0 Å². The predicted molar refractivity (Wildman–Crippen MR) is 76.7 cm³/mol. The molecular weight excluding hydrogens is 244 g/mol. The lowest BCUT2D eigenvalue weighted by molar-refractivity contribution is 0.0706. The van der Waals surface area contributed by atoms with Gasteiger partial charge in [-0.1, -0.05) is 18.8 Å². The zero-order chi connectivity index (χ0) is 13.5. The first kappa shape index (κ1) is 14.7. The number of carbonyl (C=O) groups is 1. The van der Waals surface area contributed by atoms with Gasteiger partial charge >= 0.3 is 0 Å². The fourth-order valence-corrected chi connectivity index (χ4v) is 2.40. The van der Waals surface area contributed by atoms with Crippen molar-refractivity contribution in [3.05, 3.63) is 21.9 Å². The van der Waals surface area contributed by atoms with Crippen LogP contribution >= 0.6 is 11.3 Å². The van der Waals surface area contributed by atoms with Crippen molar-refractivity contribution in [1.29, 1.82) is 0 Å². The van der Waals surface area contributed by atoms with Gasteiger partial charge in [-0.15, -0.1) is 11.3 Å². The highest BCUT2D eigenvalue weighted by Gasteiger charge is 2.18. The Morgan fingerprint density at radius 3 is 2.83 bits per heavy atom. The summed E-state index contributed by atoms with van der Waals surface area (Å²) in [5, 5.41) is 1.87. The molecule has 18 heavy (non-hydrogen) atoms. The molecule has 0 unspecified atom stereocenters. The van der Waals surface area contributed by atoms with E-state index in [1.54, 1.807) is 0 Å². The molecule has 0 fully saturated rings. The van der Waals surface area contributed by atoms with E-state index in [9.17, 15) is 4.79 Å². The molecule has 1 amide bonds. The second-order valence-corrected chi connectivity index (χ2v) is 5.21. The number of nitrogens with zero attached hydrogens (tertiary/aromatic N) is 1. The summed E-state index contributed by atoms with van der Waals surface area (Å²) >= 11 is 1.49. The maximum Gasteiger partial charge on any atom is 0.254 e. The van der Waals surface area contributed by atoms with Crippen LogP contribution in [0.2, 0.25) is 0 Å². The molecule has 0 radical (unpaired) electrons. The molecule has 0 atom stereocenters. The molecule has 3 nitrogen and oxygen atoms in total. The fraction of sp³-hybridized carbons (Fsp3) is 0.500. The van der Waals surface area contributed by atoms with Crippen LogP contribution < -0.4 is 5.73 Å². The van der Waals surface area contributed by atoms with Gasteiger partial charge in [0.05, 0.1) is 17.0 Å². The predicted octanol–water partition coefficient (Wildman–Crippen LogP) is 2.32. The summed E-state index contributed by atoms with van der Waals surface area (Å²) in [4.78, 5) is 15.1. The summed E-state index contributed by atoms with van der Waals surface area (Å²) in [5.74, 6) is 5.84. The van der Waals surface area contributed by atoms with Gasteiger partial charge in [0.25, 0.3) is 5.91 Å². The third kappa shape index (κ3) is 3.86. The minimum absolute atomic E-state index is 0.0869. The molecule has 1 aromatic heterocycles. The van der Waals surface area contributed by atoms with E-state index in [1.165, 1.54) is 11.3 Å². The molecule has 0 bridgehead atoms.